The standard InChI is InChI=1S/C24H20N2O3S/c27-22(25-19-13-11-18(12-14-19)17-7-3-1-4-8-17)16-30-21-15-23(28)26(24(21)29)20-9-5-2-6-10-20/h1-14,21H,15-16H2,(H,25,27)/t21-/m1/s1. The summed E-state index contributed by atoms with van der Waals surface area (Å²) < 4.78 is 0. The fourth-order valence-corrected chi connectivity index (χ4v) is 4.27. The third kappa shape index (κ3) is 4.44. The van der Waals surface area contributed by atoms with E-state index in [1.165, 1.54) is 16.7 Å². The lowest BCUT2D eigenvalue weighted by Crippen LogP contribution is -2.31. The van der Waals surface area contributed by atoms with Gasteiger partial charge >= 0.3 is 0 Å². The number of benzene rings is 3. The molecule has 3 amide bonds. The third-order valence-electron chi connectivity index (χ3n) is 4.81. The van der Waals surface area contributed by atoms with Gasteiger partial charge in [0.2, 0.25) is 17.7 Å². The van der Waals surface area contributed by atoms with Crippen molar-refractivity contribution in [2.24, 2.45) is 0 Å². The van der Waals surface area contributed by atoms with Crippen LogP contribution in [0, 0.1) is 0 Å². The molecule has 1 fully saturated rings. The second-order valence-corrected chi connectivity index (χ2v) is 8.09. The molecule has 1 atom stereocenters. The van der Waals surface area contributed by atoms with Gasteiger partial charge in [-0.3, -0.25) is 14.4 Å². The number of thioether (sulfide) groups is 1. The number of hydrogen-bond donors (Lipinski definition) is 1. The quantitative estimate of drug-likeness (QED) is 0.607. The lowest BCUT2D eigenvalue weighted by atomic mass is 10.1. The van der Waals surface area contributed by atoms with E-state index in [-0.39, 0.29) is 29.9 Å². The largest absolute Gasteiger partial charge is 0.325 e. The molecule has 0 unspecified atom stereocenters. The van der Waals surface area contributed by atoms with Crippen LogP contribution in [0.15, 0.2) is 84.9 Å². The number of nitrogens with zero attached hydrogens (tertiary/aromatic N) is 1. The van der Waals surface area contributed by atoms with Gasteiger partial charge < -0.3 is 5.32 Å². The first-order chi connectivity index (χ1) is 14.6. The van der Waals surface area contributed by atoms with Crippen LogP contribution in [0.5, 0.6) is 0 Å². The molecular weight excluding hydrogens is 396 g/mol. The highest BCUT2D eigenvalue weighted by Crippen LogP contribution is 2.29. The van der Waals surface area contributed by atoms with E-state index in [0.29, 0.717) is 11.4 Å². The van der Waals surface area contributed by atoms with E-state index in [2.05, 4.69) is 5.32 Å². The van der Waals surface area contributed by atoms with E-state index < -0.39 is 5.25 Å². The minimum Gasteiger partial charge on any atom is -0.325 e. The molecule has 4 rings (SSSR count). The monoisotopic (exact) mass is 416 g/mol. The Balaban J connectivity index is 1.32. The van der Waals surface area contributed by atoms with Crippen molar-refractivity contribution in [2.75, 3.05) is 16.0 Å². The number of imide groups is 1. The second-order valence-electron chi connectivity index (χ2n) is 6.90. The maximum atomic E-state index is 12.6. The molecule has 0 spiro atoms. The maximum absolute atomic E-state index is 12.6. The van der Waals surface area contributed by atoms with Crippen LogP contribution in [-0.2, 0) is 14.4 Å². The van der Waals surface area contributed by atoms with Gasteiger partial charge in [0.1, 0.15) is 0 Å². The summed E-state index contributed by atoms with van der Waals surface area (Å²) in [6.07, 6.45) is 0.109. The number of anilines is 2. The predicted octanol–water partition coefficient (Wildman–Crippen LogP) is 4.36. The van der Waals surface area contributed by atoms with Gasteiger partial charge in [-0.1, -0.05) is 60.7 Å². The normalized spacial score (nSPS) is 16.0. The third-order valence-corrected chi connectivity index (χ3v) is 6.01. The molecule has 150 valence electrons. The second kappa shape index (κ2) is 8.97. The maximum Gasteiger partial charge on any atom is 0.247 e. The first-order valence-electron chi connectivity index (χ1n) is 9.60. The molecule has 0 aliphatic carbocycles. The molecule has 0 radical (unpaired) electrons. The van der Waals surface area contributed by atoms with E-state index in [0.717, 1.165) is 11.1 Å². The Morgan fingerprint density at radius 2 is 1.47 bits per heavy atom. The number of carbonyl (C=O) groups excluding carboxylic acids is 3. The van der Waals surface area contributed by atoms with Crippen molar-refractivity contribution < 1.29 is 14.4 Å². The lowest BCUT2D eigenvalue weighted by molar-refractivity contribution is -0.121. The summed E-state index contributed by atoms with van der Waals surface area (Å²) in [5, 5.41) is 2.31. The minimum atomic E-state index is -0.538. The smallest absolute Gasteiger partial charge is 0.247 e. The van der Waals surface area contributed by atoms with Gasteiger partial charge in [0.25, 0.3) is 0 Å². The predicted molar refractivity (Wildman–Crippen MR) is 120 cm³/mol. The van der Waals surface area contributed by atoms with Crippen molar-refractivity contribution in [1.82, 2.24) is 0 Å². The van der Waals surface area contributed by atoms with Crippen LogP contribution in [0.4, 0.5) is 11.4 Å². The van der Waals surface area contributed by atoms with Gasteiger partial charge in [0, 0.05) is 12.1 Å². The molecular formula is C24H20N2O3S. The van der Waals surface area contributed by atoms with Gasteiger partial charge in [-0.2, -0.15) is 0 Å². The molecule has 1 aliphatic heterocycles. The van der Waals surface area contributed by atoms with Crippen molar-refractivity contribution in [3.63, 3.8) is 0 Å². The van der Waals surface area contributed by atoms with Crippen LogP contribution < -0.4 is 10.2 Å². The molecule has 1 aliphatic rings. The summed E-state index contributed by atoms with van der Waals surface area (Å²) in [6.45, 7) is 0. The summed E-state index contributed by atoms with van der Waals surface area (Å²) in [7, 11) is 0. The van der Waals surface area contributed by atoms with Crippen LogP contribution in [0.2, 0.25) is 0 Å². The summed E-state index contributed by atoms with van der Waals surface area (Å²) in [4.78, 5) is 38.4. The molecule has 0 bridgehead atoms. The average Bonchev–Trinajstić information content (AvgIpc) is 3.07. The number of carbonyl (C=O) groups is 3. The Labute approximate surface area is 179 Å². The molecule has 1 saturated heterocycles. The molecule has 1 heterocycles. The van der Waals surface area contributed by atoms with E-state index in [1.807, 2.05) is 60.7 Å². The Bertz CT molecular complexity index is 1050. The fraction of sp³-hybridized carbons (Fsp3) is 0.125. The zero-order valence-electron chi connectivity index (χ0n) is 16.2. The first-order valence-corrected chi connectivity index (χ1v) is 10.7. The summed E-state index contributed by atoms with van der Waals surface area (Å²) >= 11 is 1.20. The van der Waals surface area contributed by atoms with Crippen LogP contribution in [-0.4, -0.2) is 28.7 Å². The molecule has 0 saturated carbocycles. The highest BCUT2D eigenvalue weighted by molar-refractivity contribution is 8.01. The number of hydrogen-bond acceptors (Lipinski definition) is 4. The Morgan fingerprint density at radius 3 is 2.13 bits per heavy atom. The van der Waals surface area contributed by atoms with E-state index in [9.17, 15) is 14.4 Å². The molecule has 3 aromatic rings. The van der Waals surface area contributed by atoms with Gasteiger partial charge in [-0.05, 0) is 35.4 Å². The van der Waals surface area contributed by atoms with Crippen LogP contribution in [0.25, 0.3) is 11.1 Å². The Morgan fingerprint density at radius 1 is 0.867 bits per heavy atom. The van der Waals surface area contributed by atoms with Gasteiger partial charge in [-0.15, -0.1) is 11.8 Å². The topological polar surface area (TPSA) is 66.5 Å². The number of nitrogens with one attached hydrogen (secondary N) is 1. The number of amides is 3. The SMILES string of the molecule is O=C(CS[C@@H]1CC(=O)N(c2ccccc2)C1=O)Nc1ccc(-c2ccccc2)cc1. The van der Waals surface area contributed by atoms with Gasteiger partial charge in [0.05, 0.1) is 16.7 Å². The fourth-order valence-electron chi connectivity index (χ4n) is 3.33. The lowest BCUT2D eigenvalue weighted by Gasteiger charge is -2.14. The van der Waals surface area contributed by atoms with E-state index in [1.54, 1.807) is 24.3 Å². The number of para-hydroxylation sites is 1. The molecule has 5 nitrogen and oxygen atoms in total. The molecule has 1 N–H and O–H groups in total. The van der Waals surface area contributed by atoms with Crippen molar-refractivity contribution >= 4 is 40.9 Å². The van der Waals surface area contributed by atoms with Crippen LogP contribution in [0.1, 0.15) is 6.42 Å². The minimum absolute atomic E-state index is 0.104. The Kier molecular flexibility index (Phi) is 5.95. The van der Waals surface area contributed by atoms with Gasteiger partial charge in [-0.25, -0.2) is 4.90 Å². The summed E-state index contributed by atoms with van der Waals surface area (Å²) in [5.74, 6) is -0.602. The number of rotatable bonds is 6. The highest BCUT2D eigenvalue weighted by atomic mass is 32.2. The zero-order valence-corrected chi connectivity index (χ0v) is 17.0. The van der Waals surface area contributed by atoms with Crippen molar-refractivity contribution in [3.8, 4) is 11.1 Å². The van der Waals surface area contributed by atoms with Gasteiger partial charge in [0.15, 0.2) is 0 Å². The van der Waals surface area contributed by atoms with Crippen molar-refractivity contribution in [2.45, 2.75) is 11.7 Å². The summed E-state index contributed by atoms with van der Waals surface area (Å²) in [6, 6.07) is 26.5. The highest BCUT2D eigenvalue weighted by Gasteiger charge is 2.39. The van der Waals surface area contributed by atoms with E-state index in [4.69, 9.17) is 0 Å². The zero-order chi connectivity index (χ0) is 20.9. The molecule has 3 aromatic carbocycles. The molecule has 6 heteroatoms. The Hall–Kier alpha value is -3.38. The molecule has 0 aromatic heterocycles. The van der Waals surface area contributed by atoms with Crippen molar-refractivity contribution in [1.29, 1.82) is 0 Å². The average molecular weight is 417 g/mol. The van der Waals surface area contributed by atoms with E-state index >= 15 is 0 Å². The first kappa shape index (κ1) is 19.9. The van der Waals surface area contributed by atoms with Crippen LogP contribution in [0.3, 0.4) is 0 Å². The van der Waals surface area contributed by atoms with Crippen LogP contribution >= 0.6 is 11.8 Å². The summed E-state index contributed by atoms with van der Waals surface area (Å²) in [5.41, 5.74) is 3.44. The molecule has 30 heavy (non-hydrogen) atoms. The van der Waals surface area contributed by atoms with Crippen molar-refractivity contribution in [3.05, 3.63) is 84.9 Å².